The quantitative estimate of drug-likeness (QED) is 0.436. The van der Waals surface area contributed by atoms with Crippen LogP contribution in [0.4, 0.5) is 5.82 Å². The number of rotatable bonds is 6. The molecular weight excluding hydrogens is 412 g/mol. The molecule has 0 saturated carbocycles. The van der Waals surface area contributed by atoms with Gasteiger partial charge in [0.25, 0.3) is 5.91 Å². The molecule has 1 aliphatic heterocycles. The molecule has 3 heterocycles. The number of H-pyrrole nitrogens is 1. The first-order valence-electron chi connectivity index (χ1n) is 11.2. The highest BCUT2D eigenvalue weighted by atomic mass is 16.2. The Hall–Kier alpha value is -3.93. The SMILES string of the molecule is CC(C)CC(C(=O)Nc1ccccn1)N1C(=O)c2ccccc2C1c1c[nH]c2ccccc12. The highest BCUT2D eigenvalue weighted by Gasteiger charge is 2.44. The van der Waals surface area contributed by atoms with Crippen LogP contribution < -0.4 is 5.32 Å². The molecule has 2 aromatic heterocycles. The van der Waals surface area contributed by atoms with Crippen molar-refractivity contribution < 1.29 is 9.59 Å². The Balaban J connectivity index is 1.62. The molecule has 1 aliphatic rings. The predicted octanol–water partition coefficient (Wildman–Crippen LogP) is 5.16. The summed E-state index contributed by atoms with van der Waals surface area (Å²) in [6.45, 7) is 4.13. The molecule has 2 amide bonds. The Kier molecular flexibility index (Phi) is 5.42. The second-order valence-corrected chi connectivity index (χ2v) is 8.84. The van der Waals surface area contributed by atoms with E-state index in [2.05, 4.69) is 35.2 Å². The van der Waals surface area contributed by atoms with Gasteiger partial charge in [-0.25, -0.2) is 4.98 Å². The van der Waals surface area contributed by atoms with Crippen LogP contribution in [0, 0.1) is 5.92 Å². The van der Waals surface area contributed by atoms with Gasteiger partial charge in [0.05, 0.1) is 6.04 Å². The minimum atomic E-state index is -0.648. The number of para-hydroxylation sites is 1. The van der Waals surface area contributed by atoms with E-state index in [9.17, 15) is 9.59 Å². The standard InChI is InChI=1S/C27H26N4O2/c1-17(2)15-23(26(32)30-24-13-7-8-14-28-24)31-25(19-10-3-4-11-20(19)27(31)33)21-16-29-22-12-6-5-9-18(21)22/h3-14,16-17,23,25,29H,15H2,1-2H3,(H,28,30,32). The van der Waals surface area contributed by atoms with Gasteiger partial charge < -0.3 is 15.2 Å². The lowest BCUT2D eigenvalue weighted by Crippen LogP contribution is -2.47. The van der Waals surface area contributed by atoms with Gasteiger partial charge in [-0.1, -0.05) is 56.3 Å². The van der Waals surface area contributed by atoms with Gasteiger partial charge in [0.2, 0.25) is 5.91 Å². The van der Waals surface area contributed by atoms with Crippen molar-refractivity contribution in [3.05, 3.63) is 95.8 Å². The molecular formula is C27H26N4O2. The first-order valence-corrected chi connectivity index (χ1v) is 11.2. The molecule has 0 radical (unpaired) electrons. The fraction of sp³-hybridized carbons (Fsp3) is 0.222. The molecule has 5 rings (SSSR count). The van der Waals surface area contributed by atoms with Crippen LogP contribution in [0.3, 0.4) is 0 Å². The van der Waals surface area contributed by atoms with Gasteiger partial charge in [-0.15, -0.1) is 0 Å². The molecule has 2 N–H and O–H groups in total. The van der Waals surface area contributed by atoms with Gasteiger partial charge in [-0.05, 0) is 42.2 Å². The van der Waals surface area contributed by atoms with Gasteiger partial charge in [-0.2, -0.15) is 0 Å². The Morgan fingerprint density at radius 1 is 1.03 bits per heavy atom. The number of hydrogen-bond donors (Lipinski definition) is 2. The van der Waals surface area contributed by atoms with E-state index in [4.69, 9.17) is 0 Å². The van der Waals surface area contributed by atoms with Crippen LogP contribution in [0.25, 0.3) is 10.9 Å². The van der Waals surface area contributed by atoms with Crippen molar-refractivity contribution in [2.24, 2.45) is 5.92 Å². The van der Waals surface area contributed by atoms with E-state index in [1.807, 2.05) is 54.7 Å². The topological polar surface area (TPSA) is 78.1 Å². The summed E-state index contributed by atoms with van der Waals surface area (Å²) >= 11 is 0. The highest BCUT2D eigenvalue weighted by Crippen LogP contribution is 2.43. The maximum Gasteiger partial charge on any atom is 0.255 e. The van der Waals surface area contributed by atoms with Gasteiger partial charge in [0.15, 0.2) is 0 Å². The molecule has 0 saturated heterocycles. The summed E-state index contributed by atoms with van der Waals surface area (Å²) in [6.07, 6.45) is 4.14. The van der Waals surface area contributed by atoms with E-state index in [0.29, 0.717) is 17.8 Å². The van der Waals surface area contributed by atoms with Crippen LogP contribution in [0.1, 0.15) is 47.8 Å². The number of fused-ring (bicyclic) bond motifs is 2. The molecule has 2 atom stereocenters. The third kappa shape index (κ3) is 3.78. The molecule has 0 fully saturated rings. The predicted molar refractivity (Wildman–Crippen MR) is 129 cm³/mol. The van der Waals surface area contributed by atoms with E-state index in [0.717, 1.165) is 22.0 Å². The summed E-state index contributed by atoms with van der Waals surface area (Å²) in [6, 6.07) is 20.1. The molecule has 6 nitrogen and oxygen atoms in total. The van der Waals surface area contributed by atoms with E-state index in [1.165, 1.54) is 0 Å². The molecule has 0 bridgehead atoms. The first-order chi connectivity index (χ1) is 16.0. The van der Waals surface area contributed by atoms with Crippen molar-refractivity contribution in [3.63, 3.8) is 0 Å². The lowest BCUT2D eigenvalue weighted by atomic mass is 9.95. The molecule has 0 spiro atoms. The van der Waals surface area contributed by atoms with Crippen molar-refractivity contribution in [1.82, 2.24) is 14.9 Å². The number of aromatic amines is 1. The number of pyridine rings is 1. The van der Waals surface area contributed by atoms with E-state index in [1.54, 1.807) is 23.2 Å². The molecule has 6 heteroatoms. The van der Waals surface area contributed by atoms with Gasteiger partial charge >= 0.3 is 0 Å². The molecule has 4 aromatic rings. The Bertz CT molecular complexity index is 1310. The smallest absolute Gasteiger partial charge is 0.255 e. The third-order valence-electron chi connectivity index (χ3n) is 6.16. The average molecular weight is 439 g/mol. The zero-order valence-corrected chi connectivity index (χ0v) is 18.7. The monoisotopic (exact) mass is 438 g/mol. The number of nitrogens with one attached hydrogen (secondary N) is 2. The number of carbonyl (C=O) groups excluding carboxylic acids is 2. The second kappa shape index (κ2) is 8.54. The zero-order chi connectivity index (χ0) is 22.9. The Morgan fingerprint density at radius 3 is 2.58 bits per heavy atom. The van der Waals surface area contributed by atoms with E-state index < -0.39 is 6.04 Å². The van der Waals surface area contributed by atoms with Gasteiger partial charge in [-0.3, -0.25) is 9.59 Å². The Morgan fingerprint density at radius 2 is 1.79 bits per heavy atom. The van der Waals surface area contributed by atoms with Crippen LogP contribution in [0.5, 0.6) is 0 Å². The van der Waals surface area contributed by atoms with E-state index >= 15 is 0 Å². The number of carbonyl (C=O) groups is 2. The number of anilines is 1. The zero-order valence-electron chi connectivity index (χ0n) is 18.7. The van der Waals surface area contributed by atoms with Crippen LogP contribution in [0.15, 0.2) is 79.1 Å². The van der Waals surface area contributed by atoms with Crippen molar-refractivity contribution in [2.75, 3.05) is 5.32 Å². The molecule has 2 unspecified atom stereocenters. The molecule has 166 valence electrons. The summed E-state index contributed by atoms with van der Waals surface area (Å²) in [5, 5.41) is 3.97. The minimum absolute atomic E-state index is 0.122. The van der Waals surface area contributed by atoms with Crippen molar-refractivity contribution in [3.8, 4) is 0 Å². The molecule has 2 aromatic carbocycles. The van der Waals surface area contributed by atoms with Crippen LogP contribution in [-0.2, 0) is 4.79 Å². The lowest BCUT2D eigenvalue weighted by molar-refractivity contribution is -0.121. The van der Waals surface area contributed by atoms with Crippen molar-refractivity contribution in [2.45, 2.75) is 32.4 Å². The molecule has 33 heavy (non-hydrogen) atoms. The largest absolute Gasteiger partial charge is 0.361 e. The van der Waals surface area contributed by atoms with Crippen LogP contribution in [0.2, 0.25) is 0 Å². The third-order valence-corrected chi connectivity index (χ3v) is 6.16. The maximum atomic E-state index is 13.7. The van der Waals surface area contributed by atoms with Crippen molar-refractivity contribution in [1.29, 1.82) is 0 Å². The first kappa shape index (κ1) is 20.9. The summed E-state index contributed by atoms with van der Waals surface area (Å²) in [7, 11) is 0. The summed E-state index contributed by atoms with van der Waals surface area (Å²) in [4.78, 5) is 36.6. The minimum Gasteiger partial charge on any atom is -0.361 e. The summed E-state index contributed by atoms with van der Waals surface area (Å²) < 4.78 is 0. The molecule has 0 aliphatic carbocycles. The maximum absolute atomic E-state index is 13.7. The summed E-state index contributed by atoms with van der Waals surface area (Å²) in [5.74, 6) is 0.338. The fourth-order valence-corrected chi connectivity index (χ4v) is 4.74. The fourth-order valence-electron chi connectivity index (χ4n) is 4.74. The van der Waals surface area contributed by atoms with Crippen molar-refractivity contribution >= 4 is 28.5 Å². The number of hydrogen-bond acceptors (Lipinski definition) is 3. The summed E-state index contributed by atoms with van der Waals surface area (Å²) in [5.41, 5.74) is 3.56. The average Bonchev–Trinajstić information content (AvgIpc) is 3.37. The van der Waals surface area contributed by atoms with Crippen LogP contribution in [-0.4, -0.2) is 32.7 Å². The number of aromatic nitrogens is 2. The number of benzene rings is 2. The van der Waals surface area contributed by atoms with E-state index in [-0.39, 0.29) is 23.8 Å². The van der Waals surface area contributed by atoms with Gasteiger partial charge in [0.1, 0.15) is 11.9 Å². The number of nitrogens with zero attached hydrogens (tertiary/aromatic N) is 2. The Labute approximate surface area is 192 Å². The second-order valence-electron chi connectivity index (χ2n) is 8.84. The number of amides is 2. The van der Waals surface area contributed by atoms with Gasteiger partial charge in [0, 0.05) is 34.4 Å². The lowest BCUT2D eigenvalue weighted by Gasteiger charge is -2.33. The normalized spacial score (nSPS) is 16.3. The van der Waals surface area contributed by atoms with Crippen LogP contribution >= 0.6 is 0 Å². The highest BCUT2D eigenvalue weighted by molar-refractivity contribution is 6.05.